The van der Waals surface area contributed by atoms with E-state index in [1.807, 2.05) is 53.9 Å². The van der Waals surface area contributed by atoms with Crippen LogP contribution in [0.25, 0.3) is 0 Å². The Hall–Kier alpha value is -3.45. The van der Waals surface area contributed by atoms with Crippen LogP contribution in [-0.2, 0) is 4.79 Å². The number of nitrogens with one attached hydrogen (secondary N) is 2. The molecule has 0 aliphatic rings. The number of amides is 2. The van der Waals surface area contributed by atoms with Crippen molar-refractivity contribution < 1.29 is 14.3 Å². The second-order valence-corrected chi connectivity index (χ2v) is 6.79. The largest absolute Gasteiger partial charge is 0.484 e. The molecular weight excluding hydrogens is 374 g/mol. The summed E-state index contributed by atoms with van der Waals surface area (Å²) in [6, 6.07) is 19.9. The van der Waals surface area contributed by atoms with E-state index in [1.54, 1.807) is 25.1 Å². The third-order valence-electron chi connectivity index (χ3n) is 3.77. The molecule has 142 valence electrons. The van der Waals surface area contributed by atoms with E-state index in [-0.39, 0.29) is 18.4 Å². The van der Waals surface area contributed by atoms with E-state index in [4.69, 9.17) is 4.74 Å². The van der Waals surface area contributed by atoms with Crippen molar-refractivity contribution in [2.45, 2.75) is 6.92 Å². The number of nitrogens with zero attached hydrogens (tertiary/aromatic N) is 1. The maximum atomic E-state index is 11.9. The number of thiophene rings is 1. The zero-order chi connectivity index (χ0) is 19.8. The number of rotatable bonds is 7. The Balaban J connectivity index is 1.50. The molecule has 2 amide bonds. The highest BCUT2D eigenvalue weighted by Crippen LogP contribution is 2.14. The molecule has 0 saturated carbocycles. The minimum absolute atomic E-state index is 0.0851. The summed E-state index contributed by atoms with van der Waals surface area (Å²) in [6.07, 6.45) is 0. The van der Waals surface area contributed by atoms with Gasteiger partial charge in [-0.05, 0) is 60.3 Å². The van der Waals surface area contributed by atoms with Gasteiger partial charge in [-0.1, -0.05) is 24.3 Å². The van der Waals surface area contributed by atoms with Gasteiger partial charge in [-0.2, -0.15) is 5.10 Å². The molecule has 1 heterocycles. The van der Waals surface area contributed by atoms with E-state index in [0.717, 1.165) is 11.3 Å². The lowest BCUT2D eigenvalue weighted by Gasteiger charge is -2.08. The highest BCUT2D eigenvalue weighted by molar-refractivity contribution is 7.12. The van der Waals surface area contributed by atoms with Crippen LogP contribution in [-0.4, -0.2) is 24.1 Å². The van der Waals surface area contributed by atoms with Crippen LogP contribution in [0.3, 0.4) is 0 Å². The molecule has 3 aromatic rings. The summed E-state index contributed by atoms with van der Waals surface area (Å²) >= 11 is 1.36. The molecular formula is C21H19N3O3S. The topological polar surface area (TPSA) is 79.8 Å². The molecule has 0 aliphatic carbocycles. The lowest BCUT2D eigenvalue weighted by atomic mass is 10.1. The number of carbonyl (C=O) groups is 2. The smallest absolute Gasteiger partial charge is 0.281 e. The molecule has 0 aliphatic heterocycles. The van der Waals surface area contributed by atoms with Gasteiger partial charge in [0, 0.05) is 5.69 Å². The Labute approximate surface area is 166 Å². The first-order valence-electron chi connectivity index (χ1n) is 8.58. The Morgan fingerprint density at radius 2 is 1.75 bits per heavy atom. The lowest BCUT2D eigenvalue weighted by Crippen LogP contribution is -2.20. The van der Waals surface area contributed by atoms with Gasteiger partial charge in [0.15, 0.2) is 6.61 Å². The number of hydrazone groups is 1. The third kappa shape index (κ3) is 5.52. The first-order valence-corrected chi connectivity index (χ1v) is 9.46. The van der Waals surface area contributed by atoms with Crippen molar-refractivity contribution in [3.05, 3.63) is 82.6 Å². The molecule has 0 radical (unpaired) electrons. The molecule has 6 nitrogen and oxygen atoms in total. The first kappa shape index (κ1) is 19.3. The fraction of sp³-hybridized carbons (Fsp3) is 0.0952. The Morgan fingerprint density at radius 1 is 1.00 bits per heavy atom. The van der Waals surface area contributed by atoms with Crippen molar-refractivity contribution in [2.75, 3.05) is 11.9 Å². The van der Waals surface area contributed by atoms with Crippen LogP contribution in [0.1, 0.15) is 22.2 Å². The SMILES string of the molecule is C/C(=N/NC(=O)c1cccs1)c1ccc(OCC(=O)Nc2ccccc2)cc1. The van der Waals surface area contributed by atoms with Crippen molar-refractivity contribution in [3.8, 4) is 5.75 Å². The van der Waals surface area contributed by atoms with Crippen LogP contribution in [0.4, 0.5) is 5.69 Å². The molecule has 3 rings (SSSR count). The molecule has 1 aromatic heterocycles. The minimum atomic E-state index is -0.237. The number of hydrogen-bond acceptors (Lipinski definition) is 5. The maximum Gasteiger partial charge on any atom is 0.281 e. The van der Waals surface area contributed by atoms with E-state index >= 15 is 0 Å². The van der Waals surface area contributed by atoms with Crippen LogP contribution in [0.5, 0.6) is 5.75 Å². The molecule has 2 N–H and O–H groups in total. The zero-order valence-corrected chi connectivity index (χ0v) is 16.0. The maximum absolute atomic E-state index is 11.9. The summed E-state index contributed by atoms with van der Waals surface area (Å²) in [5.74, 6) is 0.102. The number of benzene rings is 2. The summed E-state index contributed by atoms with van der Waals surface area (Å²) in [5, 5.41) is 8.72. The first-order chi connectivity index (χ1) is 13.6. The van der Waals surface area contributed by atoms with Gasteiger partial charge in [0.1, 0.15) is 5.75 Å². The molecule has 0 spiro atoms. The average Bonchev–Trinajstić information content (AvgIpc) is 3.26. The molecule has 0 unspecified atom stereocenters. The highest BCUT2D eigenvalue weighted by Gasteiger charge is 2.06. The summed E-state index contributed by atoms with van der Waals surface area (Å²) in [4.78, 5) is 24.4. The summed E-state index contributed by atoms with van der Waals surface area (Å²) in [5.41, 5.74) is 4.77. The molecule has 0 atom stereocenters. The monoisotopic (exact) mass is 393 g/mol. The van der Waals surface area contributed by atoms with Crippen molar-refractivity contribution in [3.63, 3.8) is 0 Å². The second-order valence-electron chi connectivity index (χ2n) is 5.84. The van der Waals surface area contributed by atoms with Crippen LogP contribution in [0.15, 0.2) is 77.2 Å². The van der Waals surface area contributed by atoms with E-state index in [2.05, 4.69) is 15.8 Å². The quantitative estimate of drug-likeness (QED) is 0.472. The van der Waals surface area contributed by atoms with Gasteiger partial charge in [-0.15, -0.1) is 11.3 Å². The standard InChI is InChI=1S/C21H19N3O3S/c1-15(23-24-21(26)19-8-5-13-28-19)16-9-11-18(12-10-16)27-14-20(25)22-17-6-3-2-4-7-17/h2-13H,14H2,1H3,(H,22,25)(H,24,26)/b23-15-. The van der Waals surface area contributed by atoms with Crippen molar-refractivity contribution in [2.24, 2.45) is 5.10 Å². The molecule has 0 bridgehead atoms. The number of hydrogen-bond donors (Lipinski definition) is 2. The fourth-order valence-electron chi connectivity index (χ4n) is 2.32. The van der Waals surface area contributed by atoms with Crippen molar-refractivity contribution in [1.82, 2.24) is 5.43 Å². The van der Waals surface area contributed by atoms with Gasteiger partial charge in [-0.3, -0.25) is 9.59 Å². The third-order valence-corrected chi connectivity index (χ3v) is 4.64. The van der Waals surface area contributed by atoms with Gasteiger partial charge in [0.25, 0.3) is 11.8 Å². The van der Waals surface area contributed by atoms with Gasteiger partial charge < -0.3 is 10.1 Å². The zero-order valence-electron chi connectivity index (χ0n) is 15.2. The van der Waals surface area contributed by atoms with Gasteiger partial charge in [-0.25, -0.2) is 5.43 Å². The minimum Gasteiger partial charge on any atom is -0.484 e. The van der Waals surface area contributed by atoms with Crippen LogP contribution in [0, 0.1) is 0 Å². The van der Waals surface area contributed by atoms with E-state index < -0.39 is 0 Å². The number of para-hydroxylation sites is 1. The number of carbonyl (C=O) groups excluding carboxylic acids is 2. The molecule has 2 aromatic carbocycles. The highest BCUT2D eigenvalue weighted by atomic mass is 32.1. The predicted molar refractivity (Wildman–Crippen MR) is 111 cm³/mol. The predicted octanol–water partition coefficient (Wildman–Crippen LogP) is 3.92. The molecule has 7 heteroatoms. The lowest BCUT2D eigenvalue weighted by molar-refractivity contribution is -0.118. The second kappa shape index (κ2) is 9.48. The number of anilines is 1. The molecule has 28 heavy (non-hydrogen) atoms. The summed E-state index contributed by atoms with van der Waals surface area (Å²) in [6.45, 7) is 1.72. The normalized spacial score (nSPS) is 11.0. The van der Waals surface area contributed by atoms with Gasteiger partial charge in [0.05, 0.1) is 10.6 Å². The summed E-state index contributed by atoms with van der Waals surface area (Å²) < 4.78 is 5.50. The average molecular weight is 393 g/mol. The number of ether oxygens (including phenoxy) is 1. The van der Waals surface area contributed by atoms with E-state index in [1.165, 1.54) is 11.3 Å². The van der Waals surface area contributed by atoms with E-state index in [9.17, 15) is 9.59 Å². The Kier molecular flexibility index (Phi) is 6.54. The van der Waals surface area contributed by atoms with Gasteiger partial charge in [0.2, 0.25) is 0 Å². The van der Waals surface area contributed by atoms with Gasteiger partial charge >= 0.3 is 0 Å². The fourth-order valence-corrected chi connectivity index (χ4v) is 2.94. The van der Waals surface area contributed by atoms with Crippen LogP contribution >= 0.6 is 11.3 Å². The van der Waals surface area contributed by atoms with Crippen molar-refractivity contribution >= 4 is 34.6 Å². The van der Waals surface area contributed by atoms with Crippen LogP contribution in [0.2, 0.25) is 0 Å². The van der Waals surface area contributed by atoms with Crippen molar-refractivity contribution in [1.29, 1.82) is 0 Å². The van der Waals surface area contributed by atoms with E-state index in [0.29, 0.717) is 16.3 Å². The Morgan fingerprint density at radius 3 is 2.43 bits per heavy atom. The molecule has 0 saturated heterocycles. The Bertz CT molecular complexity index is 952. The summed E-state index contributed by atoms with van der Waals surface area (Å²) in [7, 11) is 0. The van der Waals surface area contributed by atoms with Crippen LogP contribution < -0.4 is 15.5 Å². The molecule has 0 fully saturated rings.